The monoisotopic (exact) mass is 500 g/mol. The van der Waals surface area contributed by atoms with Gasteiger partial charge in [0.1, 0.15) is 0 Å². The van der Waals surface area contributed by atoms with Gasteiger partial charge in [-0.1, -0.05) is 52.0 Å². The summed E-state index contributed by atoms with van der Waals surface area (Å²) in [6.45, 7) is 15.1. The molecule has 0 fully saturated rings. The Morgan fingerprint density at radius 1 is 0.667 bits per heavy atom. The average molecular weight is 501 g/mol. The Morgan fingerprint density at radius 3 is 1.21 bits per heavy atom. The Labute approximate surface area is 169 Å². The van der Waals surface area contributed by atoms with Gasteiger partial charge in [-0.25, -0.2) is 0 Å². The van der Waals surface area contributed by atoms with Gasteiger partial charge in [-0.05, 0) is 60.1 Å². The standard InChI is InChI=1S/C20H26I.C2H4.BrH/c1-15(2)13-17-5-9-19(10-6-17)21-20-11-7-18(8-12-20)14-16(3)4;1-2;/h5-12,15-16H,13-14H2,1-4H3;1-2H2;1H/q+1;;/p-1. The molecule has 0 amide bonds. The predicted octanol–water partition coefficient (Wildman–Crippen LogP) is 0.0182. The summed E-state index contributed by atoms with van der Waals surface area (Å²) < 4.78 is 3.02. The van der Waals surface area contributed by atoms with Crippen LogP contribution in [-0.2, 0) is 12.8 Å². The lowest BCUT2D eigenvalue weighted by molar-refractivity contribution is -0.597. The van der Waals surface area contributed by atoms with Gasteiger partial charge in [0.15, 0.2) is 7.14 Å². The quantitative estimate of drug-likeness (QED) is 0.387. The maximum atomic E-state index is 3.00. The van der Waals surface area contributed by atoms with Gasteiger partial charge in [-0.2, -0.15) is 0 Å². The van der Waals surface area contributed by atoms with Crippen LogP contribution in [0.1, 0.15) is 38.8 Å². The van der Waals surface area contributed by atoms with Crippen molar-refractivity contribution in [2.24, 2.45) is 11.8 Å². The fourth-order valence-electron chi connectivity index (χ4n) is 2.44. The third kappa shape index (κ3) is 9.03. The van der Waals surface area contributed by atoms with E-state index in [1.54, 1.807) is 0 Å². The minimum atomic E-state index is -0.0390. The topological polar surface area (TPSA) is 0 Å². The molecule has 0 aliphatic carbocycles. The number of rotatable bonds is 6. The van der Waals surface area contributed by atoms with E-state index in [2.05, 4.69) is 89.4 Å². The van der Waals surface area contributed by atoms with E-state index in [9.17, 15) is 0 Å². The van der Waals surface area contributed by atoms with Crippen molar-refractivity contribution in [3.05, 3.63) is 80.0 Å². The van der Waals surface area contributed by atoms with Gasteiger partial charge < -0.3 is 17.0 Å². The molecule has 2 aromatic rings. The van der Waals surface area contributed by atoms with Crippen LogP contribution in [0.3, 0.4) is 0 Å². The van der Waals surface area contributed by atoms with Crippen LogP contribution in [0.25, 0.3) is 0 Å². The van der Waals surface area contributed by atoms with Gasteiger partial charge in [0.2, 0.25) is 0 Å². The molecule has 24 heavy (non-hydrogen) atoms. The maximum absolute atomic E-state index is 3.00. The van der Waals surface area contributed by atoms with Gasteiger partial charge in [-0.15, -0.1) is 13.2 Å². The van der Waals surface area contributed by atoms with Crippen molar-refractivity contribution in [2.45, 2.75) is 40.5 Å². The van der Waals surface area contributed by atoms with Gasteiger partial charge in [0.25, 0.3) is 0 Å². The molecule has 0 saturated heterocycles. The molecule has 0 saturated carbocycles. The lowest BCUT2D eigenvalue weighted by atomic mass is 10.0. The zero-order chi connectivity index (χ0) is 17.2. The SMILES string of the molecule is C=C.CC(C)Cc1ccc([I+]c2ccc(CC(C)C)cc2)cc1.[Br-]. The second-order valence-corrected chi connectivity index (χ2v) is 9.57. The van der Waals surface area contributed by atoms with E-state index in [1.165, 1.54) is 31.1 Å². The van der Waals surface area contributed by atoms with E-state index >= 15 is 0 Å². The van der Waals surface area contributed by atoms with Crippen molar-refractivity contribution >= 4 is 0 Å². The molecular formula is C22H30BrI. The van der Waals surface area contributed by atoms with Gasteiger partial charge in [0.05, 0.1) is 0 Å². The second-order valence-electron chi connectivity index (χ2n) is 6.54. The molecule has 0 aromatic heterocycles. The fourth-order valence-corrected chi connectivity index (χ4v) is 4.59. The Balaban J connectivity index is 0.00000170. The molecule has 0 heterocycles. The van der Waals surface area contributed by atoms with E-state index in [-0.39, 0.29) is 38.2 Å². The minimum Gasteiger partial charge on any atom is -1.00 e. The number of benzene rings is 2. The highest BCUT2D eigenvalue weighted by Gasteiger charge is 2.15. The highest BCUT2D eigenvalue weighted by atomic mass is 127. The summed E-state index contributed by atoms with van der Waals surface area (Å²) in [5, 5.41) is 0. The van der Waals surface area contributed by atoms with Crippen molar-refractivity contribution in [1.29, 1.82) is 0 Å². The molecule has 2 rings (SSSR count). The van der Waals surface area contributed by atoms with Crippen molar-refractivity contribution in [3.63, 3.8) is 0 Å². The summed E-state index contributed by atoms with van der Waals surface area (Å²) in [4.78, 5) is 0. The fraction of sp³-hybridized carbons (Fsp3) is 0.364. The molecule has 2 heteroatoms. The van der Waals surface area contributed by atoms with Crippen LogP contribution >= 0.6 is 0 Å². The number of hydrogen-bond acceptors (Lipinski definition) is 0. The van der Waals surface area contributed by atoms with Crippen molar-refractivity contribution in [3.8, 4) is 0 Å². The summed E-state index contributed by atoms with van der Waals surface area (Å²) in [6, 6.07) is 18.5. The zero-order valence-electron chi connectivity index (χ0n) is 15.4. The molecule has 0 radical (unpaired) electrons. The van der Waals surface area contributed by atoms with Crippen LogP contribution in [0, 0.1) is 19.0 Å². The molecule has 0 nitrogen and oxygen atoms in total. The summed E-state index contributed by atoms with van der Waals surface area (Å²) in [5.41, 5.74) is 2.93. The Morgan fingerprint density at radius 2 is 0.958 bits per heavy atom. The normalized spacial score (nSPS) is 10.1. The first kappa shape index (κ1) is 23.4. The summed E-state index contributed by atoms with van der Waals surface area (Å²) in [6.07, 6.45) is 2.37. The Hall–Kier alpha value is -0.610. The third-order valence-corrected chi connectivity index (χ3v) is 6.02. The summed E-state index contributed by atoms with van der Waals surface area (Å²) in [7, 11) is 0. The molecule has 0 atom stereocenters. The molecule has 0 aliphatic heterocycles. The van der Waals surface area contributed by atoms with Crippen LogP contribution in [0.15, 0.2) is 61.7 Å². The maximum Gasteiger partial charge on any atom is 0.357 e. The van der Waals surface area contributed by atoms with Crippen molar-refractivity contribution in [1.82, 2.24) is 0 Å². The summed E-state index contributed by atoms with van der Waals surface area (Å²) in [5.74, 6) is 1.47. The van der Waals surface area contributed by atoms with Crippen LogP contribution < -0.4 is 38.2 Å². The molecule has 132 valence electrons. The van der Waals surface area contributed by atoms with E-state index < -0.39 is 0 Å². The first-order valence-electron chi connectivity index (χ1n) is 8.35. The third-order valence-electron chi connectivity index (χ3n) is 3.33. The molecule has 0 unspecified atom stereocenters. The molecule has 0 aliphatic rings. The van der Waals surface area contributed by atoms with Gasteiger partial charge in [0, 0.05) is 0 Å². The predicted molar refractivity (Wildman–Crippen MR) is 98.6 cm³/mol. The van der Waals surface area contributed by atoms with Crippen LogP contribution in [-0.4, -0.2) is 0 Å². The van der Waals surface area contributed by atoms with E-state index in [0.29, 0.717) is 0 Å². The Bertz CT molecular complexity index is 504. The minimum absolute atomic E-state index is 0. The van der Waals surface area contributed by atoms with Crippen LogP contribution in [0.5, 0.6) is 0 Å². The first-order valence-corrected chi connectivity index (χ1v) is 10.5. The van der Waals surface area contributed by atoms with Gasteiger partial charge >= 0.3 is 21.2 Å². The Kier molecular flexibility index (Phi) is 12.4. The summed E-state index contributed by atoms with van der Waals surface area (Å²) >= 11 is -0.0390. The highest BCUT2D eigenvalue weighted by molar-refractivity contribution is 5.16. The largest absolute Gasteiger partial charge is 1.00 e. The van der Waals surface area contributed by atoms with Crippen molar-refractivity contribution in [2.75, 3.05) is 0 Å². The average Bonchev–Trinajstić information content (AvgIpc) is 2.52. The van der Waals surface area contributed by atoms with Crippen LogP contribution in [0.4, 0.5) is 0 Å². The molecule has 0 spiro atoms. The zero-order valence-corrected chi connectivity index (χ0v) is 19.1. The first-order chi connectivity index (χ1) is 11.0. The second kappa shape index (κ2) is 12.7. The molecular weight excluding hydrogens is 471 g/mol. The number of halogens is 2. The van der Waals surface area contributed by atoms with Crippen molar-refractivity contribution < 1.29 is 38.2 Å². The smallest absolute Gasteiger partial charge is 0.357 e. The molecule has 0 bridgehead atoms. The number of hydrogen-bond donors (Lipinski definition) is 0. The lowest BCUT2D eigenvalue weighted by Gasteiger charge is -2.04. The lowest BCUT2D eigenvalue weighted by Crippen LogP contribution is -3.61. The van der Waals surface area contributed by atoms with Gasteiger partial charge in [-0.3, -0.25) is 0 Å². The van der Waals surface area contributed by atoms with E-state index in [1.807, 2.05) is 0 Å². The van der Waals surface area contributed by atoms with Crippen LogP contribution in [0.2, 0.25) is 0 Å². The highest BCUT2D eigenvalue weighted by Crippen LogP contribution is 2.07. The molecule has 2 aromatic carbocycles. The molecule has 0 N–H and O–H groups in total. The van der Waals surface area contributed by atoms with E-state index in [0.717, 1.165) is 11.8 Å². The van der Waals surface area contributed by atoms with E-state index in [4.69, 9.17) is 0 Å².